The Hall–Kier alpha value is -3.93. The Morgan fingerprint density at radius 3 is 0.915 bits per heavy atom. The zero-order valence-electron chi connectivity index (χ0n) is 46.2. The molecule has 0 radical (unpaired) electrons. The van der Waals surface area contributed by atoms with Crippen LogP contribution in [0.5, 0.6) is 0 Å². The zero-order chi connectivity index (χ0) is 51.4. The van der Waals surface area contributed by atoms with Crippen molar-refractivity contribution in [2.75, 3.05) is 13.2 Å². The van der Waals surface area contributed by atoms with Crippen molar-refractivity contribution in [3.05, 3.63) is 109 Å². The van der Waals surface area contributed by atoms with Crippen LogP contribution in [0, 0.1) is 0 Å². The maximum absolute atomic E-state index is 12.9. The summed E-state index contributed by atoms with van der Waals surface area (Å²) in [5, 5.41) is 0. The van der Waals surface area contributed by atoms with E-state index in [9.17, 15) is 14.4 Å². The summed E-state index contributed by atoms with van der Waals surface area (Å²) >= 11 is 0. The standard InChI is InChI=1S/C65H108O6/c1-4-7-10-13-16-19-22-25-28-31-32-35-38-41-44-47-50-53-56-59-65(68)71-62(60-69-63(66)57-54-51-48-45-42-39-36-33-29-26-23-20-17-14-11-8-5-2)61-70-64(67)58-55-52-49-46-43-40-37-34-30-27-24-21-18-15-12-9-6-3/h8,11,17,20,25-30,36-37,39-40,45-46,48-49,62H,4-7,9-10,12-16,18-19,21-24,31-35,38,41-44,47,50-61H2,1-3H3/b11-8-,20-17-,28-25-,29-26-,30-27-,39-36-,40-37-,48-45-,49-46-/t62-/m1/s1. The fraction of sp³-hybridized carbons (Fsp3) is 0.677. The van der Waals surface area contributed by atoms with Gasteiger partial charge in [0.15, 0.2) is 6.10 Å². The van der Waals surface area contributed by atoms with Crippen LogP contribution in [0.25, 0.3) is 0 Å². The molecule has 0 bridgehead atoms. The first-order valence-electron chi connectivity index (χ1n) is 29.4. The number of carbonyl (C=O) groups is 3. The second-order valence-corrected chi connectivity index (χ2v) is 19.2. The van der Waals surface area contributed by atoms with E-state index in [0.29, 0.717) is 19.3 Å². The summed E-state index contributed by atoms with van der Waals surface area (Å²) in [4.78, 5) is 38.2. The van der Waals surface area contributed by atoms with Crippen LogP contribution < -0.4 is 0 Å². The van der Waals surface area contributed by atoms with Crippen LogP contribution in [0.3, 0.4) is 0 Å². The van der Waals surface area contributed by atoms with Crippen LogP contribution in [-0.4, -0.2) is 37.2 Å². The number of allylic oxidation sites excluding steroid dienone is 18. The smallest absolute Gasteiger partial charge is 0.306 e. The molecule has 0 saturated carbocycles. The molecule has 0 saturated heterocycles. The van der Waals surface area contributed by atoms with Gasteiger partial charge in [-0.2, -0.15) is 0 Å². The van der Waals surface area contributed by atoms with Gasteiger partial charge in [-0.3, -0.25) is 14.4 Å². The van der Waals surface area contributed by atoms with E-state index in [4.69, 9.17) is 14.2 Å². The SMILES string of the molecule is CC/C=C\C/C=C\C/C=C\C/C=C\C/C=C\CCCC(=O)OC[C@H](COC(=O)CCC/C=C\C/C=C\C/C=C\CCCCCCCC)OC(=O)CCCCCCCCCCC/C=C\CCCCCCCC. The van der Waals surface area contributed by atoms with E-state index in [2.05, 4.69) is 130 Å². The lowest BCUT2D eigenvalue weighted by atomic mass is 10.1. The summed E-state index contributed by atoms with van der Waals surface area (Å²) < 4.78 is 16.8. The van der Waals surface area contributed by atoms with Crippen LogP contribution in [0.4, 0.5) is 0 Å². The Bertz CT molecular complexity index is 1460. The van der Waals surface area contributed by atoms with Crippen LogP contribution in [-0.2, 0) is 28.6 Å². The van der Waals surface area contributed by atoms with Gasteiger partial charge in [0, 0.05) is 19.3 Å². The van der Waals surface area contributed by atoms with E-state index in [1.54, 1.807) is 0 Å². The van der Waals surface area contributed by atoms with Gasteiger partial charge >= 0.3 is 17.9 Å². The highest BCUT2D eigenvalue weighted by Gasteiger charge is 2.19. The predicted molar refractivity (Wildman–Crippen MR) is 307 cm³/mol. The van der Waals surface area contributed by atoms with Gasteiger partial charge in [0.25, 0.3) is 0 Å². The number of hydrogen-bond acceptors (Lipinski definition) is 6. The molecule has 0 aromatic carbocycles. The Morgan fingerprint density at radius 1 is 0.296 bits per heavy atom. The summed E-state index contributed by atoms with van der Waals surface area (Å²) in [5.41, 5.74) is 0. The van der Waals surface area contributed by atoms with Crippen LogP contribution >= 0.6 is 0 Å². The number of hydrogen-bond donors (Lipinski definition) is 0. The first-order chi connectivity index (χ1) is 35.0. The second kappa shape index (κ2) is 58.6. The first kappa shape index (κ1) is 67.1. The zero-order valence-corrected chi connectivity index (χ0v) is 46.2. The highest BCUT2D eigenvalue weighted by Crippen LogP contribution is 2.14. The molecular formula is C65H108O6. The monoisotopic (exact) mass is 985 g/mol. The van der Waals surface area contributed by atoms with Gasteiger partial charge in [0.05, 0.1) is 0 Å². The van der Waals surface area contributed by atoms with Crippen molar-refractivity contribution in [3.63, 3.8) is 0 Å². The molecule has 6 heteroatoms. The number of carbonyl (C=O) groups excluding carboxylic acids is 3. The Kier molecular flexibility index (Phi) is 55.4. The minimum Gasteiger partial charge on any atom is -0.462 e. The molecule has 0 rings (SSSR count). The highest BCUT2D eigenvalue weighted by atomic mass is 16.6. The quantitative estimate of drug-likeness (QED) is 0.0261. The van der Waals surface area contributed by atoms with Crippen molar-refractivity contribution in [3.8, 4) is 0 Å². The van der Waals surface area contributed by atoms with E-state index in [0.717, 1.165) is 77.0 Å². The average Bonchev–Trinajstić information content (AvgIpc) is 3.37. The van der Waals surface area contributed by atoms with Crippen LogP contribution in [0.1, 0.15) is 265 Å². The maximum Gasteiger partial charge on any atom is 0.306 e. The minimum absolute atomic E-state index is 0.124. The van der Waals surface area contributed by atoms with E-state index >= 15 is 0 Å². The van der Waals surface area contributed by atoms with Crippen LogP contribution in [0.2, 0.25) is 0 Å². The molecule has 0 aliphatic rings. The van der Waals surface area contributed by atoms with Crippen molar-refractivity contribution < 1.29 is 28.6 Å². The first-order valence-corrected chi connectivity index (χ1v) is 29.4. The Labute approximate surface area is 438 Å². The van der Waals surface area contributed by atoms with E-state index < -0.39 is 6.10 Å². The van der Waals surface area contributed by atoms with Gasteiger partial charge in [-0.05, 0) is 116 Å². The lowest BCUT2D eigenvalue weighted by molar-refractivity contribution is -0.167. The normalized spacial score (nSPS) is 12.9. The van der Waals surface area contributed by atoms with Gasteiger partial charge in [0.1, 0.15) is 13.2 Å². The van der Waals surface area contributed by atoms with Gasteiger partial charge in [0.2, 0.25) is 0 Å². The molecule has 404 valence electrons. The molecule has 0 N–H and O–H groups in total. The summed E-state index contributed by atoms with van der Waals surface area (Å²) in [6.07, 6.45) is 79.5. The third-order valence-electron chi connectivity index (χ3n) is 12.2. The molecular weight excluding hydrogens is 877 g/mol. The summed E-state index contributed by atoms with van der Waals surface area (Å²) in [6, 6.07) is 0. The van der Waals surface area contributed by atoms with Gasteiger partial charge in [-0.1, -0.05) is 239 Å². The molecule has 0 spiro atoms. The molecule has 71 heavy (non-hydrogen) atoms. The molecule has 0 aromatic heterocycles. The van der Waals surface area contributed by atoms with Crippen molar-refractivity contribution >= 4 is 17.9 Å². The number of rotatable bonds is 52. The molecule has 0 aliphatic heterocycles. The molecule has 0 aliphatic carbocycles. The van der Waals surface area contributed by atoms with Gasteiger partial charge < -0.3 is 14.2 Å². The Morgan fingerprint density at radius 2 is 0.563 bits per heavy atom. The topological polar surface area (TPSA) is 78.9 Å². The minimum atomic E-state index is -0.825. The molecule has 0 amide bonds. The van der Waals surface area contributed by atoms with Crippen LogP contribution in [0.15, 0.2) is 109 Å². The number of unbranched alkanes of at least 4 members (excludes halogenated alkanes) is 23. The molecule has 6 nitrogen and oxygen atoms in total. The predicted octanol–water partition coefficient (Wildman–Crippen LogP) is 19.9. The largest absolute Gasteiger partial charge is 0.462 e. The van der Waals surface area contributed by atoms with Gasteiger partial charge in [-0.15, -0.1) is 0 Å². The molecule has 1 atom stereocenters. The highest BCUT2D eigenvalue weighted by molar-refractivity contribution is 5.71. The van der Waals surface area contributed by atoms with Crippen molar-refractivity contribution in [2.24, 2.45) is 0 Å². The molecule has 0 aromatic rings. The average molecular weight is 986 g/mol. The maximum atomic E-state index is 12.9. The van der Waals surface area contributed by atoms with Crippen molar-refractivity contribution in [1.82, 2.24) is 0 Å². The molecule has 0 unspecified atom stereocenters. The fourth-order valence-corrected chi connectivity index (χ4v) is 7.84. The van der Waals surface area contributed by atoms with E-state index in [1.165, 1.54) is 135 Å². The third-order valence-corrected chi connectivity index (χ3v) is 12.2. The number of ether oxygens (including phenoxy) is 3. The Balaban J connectivity index is 4.54. The summed E-state index contributed by atoms with van der Waals surface area (Å²) in [6.45, 7) is 6.43. The molecule has 0 heterocycles. The van der Waals surface area contributed by atoms with Crippen molar-refractivity contribution in [1.29, 1.82) is 0 Å². The van der Waals surface area contributed by atoms with E-state index in [1.807, 2.05) is 0 Å². The van der Waals surface area contributed by atoms with E-state index in [-0.39, 0.29) is 44.0 Å². The second-order valence-electron chi connectivity index (χ2n) is 19.2. The third kappa shape index (κ3) is 56.9. The van der Waals surface area contributed by atoms with Crippen molar-refractivity contribution in [2.45, 2.75) is 271 Å². The summed E-state index contributed by atoms with van der Waals surface area (Å²) in [5.74, 6) is -1.03. The lowest BCUT2D eigenvalue weighted by Crippen LogP contribution is -2.30. The van der Waals surface area contributed by atoms with Gasteiger partial charge in [-0.25, -0.2) is 0 Å². The molecule has 0 fully saturated rings. The number of esters is 3. The lowest BCUT2D eigenvalue weighted by Gasteiger charge is -2.18. The summed E-state index contributed by atoms with van der Waals surface area (Å²) in [7, 11) is 0. The fourth-order valence-electron chi connectivity index (χ4n) is 7.84.